The largest absolute Gasteiger partial charge is 0.633 e. The third kappa shape index (κ3) is 20.2. The van der Waals surface area contributed by atoms with E-state index in [0.717, 1.165) is 19.4 Å². The molecule has 2 N–H and O–H groups in total. The Bertz CT molecular complexity index is 269. The van der Waals surface area contributed by atoms with Gasteiger partial charge in [-0.15, -0.1) is 0 Å². The smallest absolute Gasteiger partial charge is 0.0794 e. The molecule has 0 heterocycles. The molecular weight excluding hydrogens is 320 g/mol. The molecular formula is C23H50N2O. The van der Waals surface area contributed by atoms with Crippen LogP contribution in [0.5, 0.6) is 0 Å². The normalized spacial score (nSPS) is 13.8. The van der Waals surface area contributed by atoms with Crippen molar-refractivity contribution < 1.29 is 4.65 Å². The van der Waals surface area contributed by atoms with Crippen LogP contribution in [0.25, 0.3) is 0 Å². The Balaban J connectivity index is 3.13. The third-order valence-electron chi connectivity index (χ3n) is 5.57. The van der Waals surface area contributed by atoms with E-state index in [4.69, 9.17) is 5.73 Å². The van der Waals surface area contributed by atoms with Gasteiger partial charge in [-0.25, -0.2) is 0 Å². The number of hydrogen-bond acceptors (Lipinski definition) is 2. The molecule has 0 aromatic rings. The van der Waals surface area contributed by atoms with Crippen molar-refractivity contribution in [2.24, 2.45) is 5.73 Å². The van der Waals surface area contributed by atoms with E-state index in [1.54, 1.807) is 7.05 Å². The van der Waals surface area contributed by atoms with Gasteiger partial charge in [-0.3, -0.25) is 0 Å². The molecule has 0 aliphatic rings. The molecule has 0 aromatic carbocycles. The highest BCUT2D eigenvalue weighted by molar-refractivity contribution is 4.51. The lowest BCUT2D eigenvalue weighted by atomic mass is 10.0. The average molecular weight is 371 g/mol. The maximum Gasteiger partial charge on any atom is 0.0794 e. The lowest BCUT2D eigenvalue weighted by Crippen LogP contribution is -2.40. The Morgan fingerprint density at radius 1 is 0.538 bits per heavy atom. The van der Waals surface area contributed by atoms with E-state index in [1.165, 1.54) is 103 Å². The maximum atomic E-state index is 12.1. The minimum atomic E-state index is -0.101. The molecule has 0 radical (unpaired) electrons. The molecule has 0 aliphatic heterocycles. The molecule has 1 atom stereocenters. The van der Waals surface area contributed by atoms with Crippen LogP contribution < -0.4 is 5.73 Å². The molecule has 0 amide bonds. The van der Waals surface area contributed by atoms with Gasteiger partial charge in [-0.1, -0.05) is 103 Å². The van der Waals surface area contributed by atoms with Crippen LogP contribution in [0.4, 0.5) is 0 Å². The van der Waals surface area contributed by atoms with E-state index in [2.05, 4.69) is 6.92 Å². The molecule has 0 spiro atoms. The van der Waals surface area contributed by atoms with E-state index in [1.807, 2.05) is 0 Å². The van der Waals surface area contributed by atoms with Crippen molar-refractivity contribution in [2.75, 3.05) is 26.7 Å². The highest BCUT2D eigenvalue weighted by atomic mass is 16.5. The number of hydrogen-bond donors (Lipinski definition) is 1. The van der Waals surface area contributed by atoms with Gasteiger partial charge in [0, 0.05) is 6.42 Å². The average Bonchev–Trinajstić information content (AvgIpc) is 2.62. The summed E-state index contributed by atoms with van der Waals surface area (Å²) >= 11 is 0. The number of nitrogens with two attached hydrogens (primary N) is 1. The first kappa shape index (κ1) is 25.9. The molecule has 0 fully saturated rings. The fraction of sp³-hybridized carbons (Fsp3) is 1.00. The van der Waals surface area contributed by atoms with Crippen LogP contribution in [-0.4, -0.2) is 31.3 Å². The summed E-state index contributed by atoms with van der Waals surface area (Å²) in [5.41, 5.74) is 5.48. The Hall–Kier alpha value is -0.120. The molecule has 0 rings (SSSR count). The molecule has 0 bridgehead atoms. The molecule has 0 saturated heterocycles. The van der Waals surface area contributed by atoms with Crippen molar-refractivity contribution in [2.45, 2.75) is 122 Å². The van der Waals surface area contributed by atoms with Crippen molar-refractivity contribution in [3.8, 4) is 0 Å². The van der Waals surface area contributed by atoms with Crippen LogP contribution in [0.1, 0.15) is 122 Å². The van der Waals surface area contributed by atoms with Crippen molar-refractivity contribution in [3.05, 3.63) is 5.21 Å². The van der Waals surface area contributed by atoms with Crippen molar-refractivity contribution >= 4 is 0 Å². The highest BCUT2D eigenvalue weighted by Gasteiger charge is 2.08. The Kier molecular flexibility index (Phi) is 19.5. The second-order valence-electron chi connectivity index (χ2n) is 8.54. The van der Waals surface area contributed by atoms with Crippen molar-refractivity contribution in [1.82, 2.24) is 0 Å². The van der Waals surface area contributed by atoms with Crippen LogP contribution in [0, 0.1) is 5.21 Å². The topological polar surface area (TPSA) is 49.1 Å². The summed E-state index contributed by atoms with van der Waals surface area (Å²) in [5, 5.41) is 12.1. The van der Waals surface area contributed by atoms with Gasteiger partial charge < -0.3 is 15.6 Å². The fourth-order valence-corrected chi connectivity index (χ4v) is 3.71. The molecule has 1 unspecified atom stereocenters. The van der Waals surface area contributed by atoms with Crippen LogP contribution in [-0.2, 0) is 0 Å². The molecule has 26 heavy (non-hydrogen) atoms. The van der Waals surface area contributed by atoms with E-state index in [9.17, 15) is 5.21 Å². The monoisotopic (exact) mass is 370 g/mol. The van der Waals surface area contributed by atoms with Gasteiger partial charge in [0.25, 0.3) is 0 Å². The maximum absolute atomic E-state index is 12.1. The minimum Gasteiger partial charge on any atom is -0.633 e. The zero-order chi connectivity index (χ0) is 19.3. The molecule has 3 nitrogen and oxygen atoms in total. The van der Waals surface area contributed by atoms with Gasteiger partial charge in [0.15, 0.2) is 0 Å². The SMILES string of the molecule is CCCCCCCCCCCCCCCCCCC[N+](C)([O-])CCCN. The van der Waals surface area contributed by atoms with Crippen LogP contribution in [0.3, 0.4) is 0 Å². The summed E-state index contributed by atoms with van der Waals surface area (Å²) in [6.07, 6.45) is 24.4. The number of quaternary nitrogens is 1. The zero-order valence-electron chi connectivity index (χ0n) is 18.3. The third-order valence-corrected chi connectivity index (χ3v) is 5.57. The van der Waals surface area contributed by atoms with E-state index in [0.29, 0.717) is 13.1 Å². The minimum absolute atomic E-state index is 0.101. The molecule has 0 aliphatic carbocycles. The van der Waals surface area contributed by atoms with Crippen molar-refractivity contribution in [1.29, 1.82) is 0 Å². The predicted octanol–water partition coefficient (Wildman–Crippen LogP) is 6.93. The highest BCUT2D eigenvalue weighted by Crippen LogP contribution is 2.14. The summed E-state index contributed by atoms with van der Waals surface area (Å²) in [7, 11) is 1.79. The van der Waals surface area contributed by atoms with Gasteiger partial charge in [0.05, 0.1) is 20.1 Å². The number of nitrogens with zero attached hydrogens (tertiary/aromatic N) is 1. The number of hydroxylamine groups is 3. The van der Waals surface area contributed by atoms with Gasteiger partial charge >= 0.3 is 0 Å². The molecule has 0 aromatic heterocycles. The summed E-state index contributed by atoms with van der Waals surface area (Å²) in [6, 6.07) is 0. The lowest BCUT2D eigenvalue weighted by molar-refractivity contribution is -0.861. The van der Waals surface area contributed by atoms with E-state index >= 15 is 0 Å². The first-order valence-electron chi connectivity index (χ1n) is 11.9. The first-order chi connectivity index (χ1) is 12.6. The second kappa shape index (κ2) is 19.6. The summed E-state index contributed by atoms with van der Waals surface area (Å²) in [4.78, 5) is 0. The lowest BCUT2D eigenvalue weighted by Gasteiger charge is -2.38. The summed E-state index contributed by atoms with van der Waals surface area (Å²) < 4.78 is -0.101. The standard InChI is InChI=1S/C23H50N2O/c1-3-4-5-6-7-8-9-10-11-12-13-14-15-16-17-18-19-22-25(2,26)23-20-21-24/h3-24H2,1-2H3. The Morgan fingerprint density at radius 2 is 0.846 bits per heavy atom. The zero-order valence-corrected chi connectivity index (χ0v) is 18.3. The predicted molar refractivity (Wildman–Crippen MR) is 117 cm³/mol. The van der Waals surface area contributed by atoms with Gasteiger partial charge in [-0.05, 0) is 19.4 Å². The molecule has 158 valence electrons. The van der Waals surface area contributed by atoms with Gasteiger partial charge in [-0.2, -0.15) is 0 Å². The quantitative estimate of drug-likeness (QED) is 0.135. The fourth-order valence-electron chi connectivity index (χ4n) is 3.71. The molecule has 0 saturated carbocycles. The van der Waals surface area contributed by atoms with Crippen LogP contribution >= 0.6 is 0 Å². The van der Waals surface area contributed by atoms with Crippen molar-refractivity contribution in [3.63, 3.8) is 0 Å². The summed E-state index contributed by atoms with van der Waals surface area (Å²) in [5.74, 6) is 0. The second-order valence-corrected chi connectivity index (χ2v) is 8.54. The Morgan fingerprint density at radius 3 is 1.19 bits per heavy atom. The van der Waals surface area contributed by atoms with E-state index < -0.39 is 0 Å². The number of rotatable bonds is 21. The van der Waals surface area contributed by atoms with Gasteiger partial charge in [0.1, 0.15) is 0 Å². The van der Waals surface area contributed by atoms with Crippen LogP contribution in [0.15, 0.2) is 0 Å². The molecule has 3 heteroatoms. The van der Waals surface area contributed by atoms with E-state index in [-0.39, 0.29) is 4.65 Å². The van der Waals surface area contributed by atoms with Gasteiger partial charge in [0.2, 0.25) is 0 Å². The summed E-state index contributed by atoms with van der Waals surface area (Å²) in [6.45, 7) is 4.36. The Labute approximate surface area is 165 Å². The first-order valence-corrected chi connectivity index (χ1v) is 11.9. The number of unbranched alkanes of at least 4 members (excludes halogenated alkanes) is 16. The van der Waals surface area contributed by atoms with Crippen LogP contribution in [0.2, 0.25) is 0 Å².